The van der Waals surface area contributed by atoms with Crippen molar-refractivity contribution in [2.24, 2.45) is 0 Å². The fraction of sp³-hybridized carbons (Fsp3) is 0.500. The van der Waals surface area contributed by atoms with Crippen molar-refractivity contribution in [3.05, 3.63) is 46.9 Å². The van der Waals surface area contributed by atoms with Gasteiger partial charge >= 0.3 is 0 Å². The minimum Gasteiger partial charge on any atom is -0.497 e. The monoisotopic (exact) mass is 438 g/mol. The molecule has 2 amide bonds. The van der Waals surface area contributed by atoms with E-state index < -0.39 is 0 Å². The Hall–Kier alpha value is -3.00. The standard InChI is InChI=1S/C24H30N4O4/c1-16-20-9-10-21(29)28(13-17-6-4-8-19(12-17)32-3)24(20)26-23(25-16)18-7-5-11-27(14-18)22(30)15-31-2/h4,6,8,12,18H,5,7,9-11,13-15H2,1-3H3. The van der Waals surface area contributed by atoms with E-state index in [-0.39, 0.29) is 24.3 Å². The molecule has 0 aliphatic carbocycles. The second-order valence-electron chi connectivity index (χ2n) is 8.41. The van der Waals surface area contributed by atoms with Crippen LogP contribution in [-0.2, 0) is 27.3 Å². The first-order valence-corrected chi connectivity index (χ1v) is 11.1. The summed E-state index contributed by atoms with van der Waals surface area (Å²) in [6.07, 6.45) is 2.91. The maximum Gasteiger partial charge on any atom is 0.248 e. The van der Waals surface area contributed by atoms with E-state index in [1.807, 2.05) is 36.1 Å². The number of likely N-dealkylation sites (tertiary alicyclic amines) is 1. The third kappa shape index (κ3) is 4.60. The van der Waals surface area contributed by atoms with Gasteiger partial charge in [0.15, 0.2) is 0 Å². The van der Waals surface area contributed by atoms with Gasteiger partial charge in [0.05, 0.1) is 13.7 Å². The number of carbonyl (C=O) groups excluding carboxylic acids is 2. The van der Waals surface area contributed by atoms with Crippen molar-refractivity contribution in [3.8, 4) is 5.75 Å². The lowest BCUT2D eigenvalue weighted by molar-refractivity contribution is -0.136. The van der Waals surface area contributed by atoms with Crippen LogP contribution in [0.4, 0.5) is 5.82 Å². The number of fused-ring (bicyclic) bond motifs is 1. The Morgan fingerprint density at radius 3 is 2.84 bits per heavy atom. The predicted molar refractivity (Wildman–Crippen MR) is 120 cm³/mol. The quantitative estimate of drug-likeness (QED) is 0.689. The van der Waals surface area contributed by atoms with Crippen molar-refractivity contribution in [2.75, 3.05) is 38.8 Å². The Labute approximate surface area is 188 Å². The molecule has 0 spiro atoms. The molecule has 0 radical (unpaired) electrons. The van der Waals surface area contributed by atoms with Gasteiger partial charge in [-0.15, -0.1) is 0 Å². The summed E-state index contributed by atoms with van der Waals surface area (Å²) in [5, 5.41) is 0. The van der Waals surface area contributed by atoms with Crippen LogP contribution in [0.3, 0.4) is 0 Å². The molecule has 0 saturated carbocycles. The van der Waals surface area contributed by atoms with E-state index in [0.29, 0.717) is 37.6 Å². The zero-order valence-electron chi connectivity index (χ0n) is 19.0. The molecule has 1 fully saturated rings. The van der Waals surface area contributed by atoms with Crippen molar-refractivity contribution < 1.29 is 19.1 Å². The molecular weight excluding hydrogens is 408 g/mol. The highest BCUT2D eigenvalue weighted by atomic mass is 16.5. The summed E-state index contributed by atoms with van der Waals surface area (Å²) in [4.78, 5) is 38.5. The smallest absolute Gasteiger partial charge is 0.248 e. The van der Waals surface area contributed by atoms with Crippen LogP contribution in [0.2, 0.25) is 0 Å². The number of methoxy groups -OCH3 is 2. The lowest BCUT2D eigenvalue weighted by Crippen LogP contribution is -2.41. The maximum atomic E-state index is 12.9. The Balaban J connectivity index is 1.63. The number of anilines is 1. The number of benzene rings is 1. The minimum atomic E-state index is -0.0123. The second-order valence-corrected chi connectivity index (χ2v) is 8.41. The number of hydrogen-bond acceptors (Lipinski definition) is 6. The molecule has 2 aliphatic rings. The van der Waals surface area contributed by atoms with Gasteiger partial charge < -0.3 is 14.4 Å². The fourth-order valence-corrected chi connectivity index (χ4v) is 4.53. The highest BCUT2D eigenvalue weighted by molar-refractivity contribution is 5.95. The summed E-state index contributed by atoms with van der Waals surface area (Å²) in [7, 11) is 3.16. The number of ether oxygens (including phenoxy) is 2. The molecule has 0 bridgehead atoms. The van der Waals surface area contributed by atoms with Gasteiger partial charge in [-0.2, -0.15) is 0 Å². The van der Waals surface area contributed by atoms with Gasteiger partial charge in [0.25, 0.3) is 0 Å². The van der Waals surface area contributed by atoms with E-state index in [2.05, 4.69) is 0 Å². The molecule has 1 atom stereocenters. The largest absolute Gasteiger partial charge is 0.497 e. The maximum absolute atomic E-state index is 12.9. The zero-order valence-corrected chi connectivity index (χ0v) is 19.0. The summed E-state index contributed by atoms with van der Waals surface area (Å²) < 4.78 is 10.3. The van der Waals surface area contributed by atoms with Crippen LogP contribution in [0, 0.1) is 6.92 Å². The normalized spacial score (nSPS) is 18.5. The first kappa shape index (κ1) is 22.2. The average molecular weight is 439 g/mol. The first-order chi connectivity index (χ1) is 15.5. The van der Waals surface area contributed by atoms with Crippen LogP contribution in [0.25, 0.3) is 0 Å². The van der Waals surface area contributed by atoms with Gasteiger partial charge in [0, 0.05) is 43.8 Å². The van der Waals surface area contributed by atoms with Gasteiger partial charge in [-0.05, 0) is 43.9 Å². The van der Waals surface area contributed by atoms with Crippen molar-refractivity contribution in [1.82, 2.24) is 14.9 Å². The fourth-order valence-electron chi connectivity index (χ4n) is 4.53. The Kier molecular flexibility index (Phi) is 6.69. The molecule has 1 unspecified atom stereocenters. The van der Waals surface area contributed by atoms with E-state index in [0.717, 1.165) is 42.0 Å². The Bertz CT molecular complexity index is 1010. The number of aryl methyl sites for hydroxylation is 1. The highest BCUT2D eigenvalue weighted by Gasteiger charge is 2.31. The van der Waals surface area contributed by atoms with Crippen molar-refractivity contribution in [1.29, 1.82) is 0 Å². The molecular formula is C24H30N4O4. The average Bonchev–Trinajstić information content (AvgIpc) is 2.81. The molecule has 1 aromatic heterocycles. The first-order valence-electron chi connectivity index (χ1n) is 11.1. The molecule has 3 heterocycles. The van der Waals surface area contributed by atoms with E-state index in [9.17, 15) is 9.59 Å². The minimum absolute atomic E-state index is 0.0123. The molecule has 1 saturated heterocycles. The Morgan fingerprint density at radius 2 is 2.06 bits per heavy atom. The molecule has 32 heavy (non-hydrogen) atoms. The molecule has 4 rings (SSSR count). The lowest BCUT2D eigenvalue weighted by atomic mass is 9.95. The molecule has 0 N–H and O–H groups in total. The van der Waals surface area contributed by atoms with E-state index >= 15 is 0 Å². The summed E-state index contributed by atoms with van der Waals surface area (Å²) in [6, 6.07) is 7.74. The topological polar surface area (TPSA) is 84.9 Å². The molecule has 8 heteroatoms. The van der Waals surface area contributed by atoms with Gasteiger partial charge in [0.2, 0.25) is 11.8 Å². The van der Waals surface area contributed by atoms with E-state index in [4.69, 9.17) is 19.4 Å². The second kappa shape index (κ2) is 9.65. The van der Waals surface area contributed by atoms with E-state index in [1.54, 1.807) is 12.0 Å². The molecule has 2 aliphatic heterocycles. The van der Waals surface area contributed by atoms with Crippen LogP contribution in [0.15, 0.2) is 24.3 Å². The molecule has 170 valence electrons. The summed E-state index contributed by atoms with van der Waals surface area (Å²) in [5.74, 6) is 2.26. The highest BCUT2D eigenvalue weighted by Crippen LogP contribution is 2.33. The third-order valence-corrected chi connectivity index (χ3v) is 6.24. The SMILES string of the molecule is COCC(=O)N1CCCC(c2nc(C)c3c(n2)N(Cc2cccc(OC)c2)C(=O)CC3)C1. The number of rotatable bonds is 6. The van der Waals surface area contributed by atoms with Gasteiger partial charge in [-0.1, -0.05) is 12.1 Å². The van der Waals surface area contributed by atoms with E-state index in [1.165, 1.54) is 7.11 Å². The summed E-state index contributed by atoms with van der Waals surface area (Å²) >= 11 is 0. The van der Waals surface area contributed by atoms with Crippen LogP contribution >= 0.6 is 0 Å². The summed E-state index contributed by atoms with van der Waals surface area (Å²) in [5.41, 5.74) is 2.92. The molecule has 2 aromatic rings. The number of aromatic nitrogens is 2. The number of carbonyl (C=O) groups is 2. The van der Waals surface area contributed by atoms with Gasteiger partial charge in [-0.25, -0.2) is 9.97 Å². The lowest BCUT2D eigenvalue weighted by Gasteiger charge is -2.34. The molecule has 8 nitrogen and oxygen atoms in total. The number of piperidine rings is 1. The zero-order chi connectivity index (χ0) is 22.7. The van der Waals surface area contributed by atoms with Crippen molar-refractivity contribution in [2.45, 2.75) is 45.1 Å². The number of amides is 2. The van der Waals surface area contributed by atoms with Gasteiger partial charge in [0.1, 0.15) is 24.0 Å². The number of hydrogen-bond donors (Lipinski definition) is 0. The summed E-state index contributed by atoms with van der Waals surface area (Å²) in [6.45, 7) is 3.80. The van der Waals surface area contributed by atoms with Crippen molar-refractivity contribution >= 4 is 17.6 Å². The van der Waals surface area contributed by atoms with Crippen LogP contribution in [0.5, 0.6) is 5.75 Å². The van der Waals surface area contributed by atoms with Crippen LogP contribution < -0.4 is 9.64 Å². The third-order valence-electron chi connectivity index (χ3n) is 6.24. The Morgan fingerprint density at radius 1 is 1.22 bits per heavy atom. The van der Waals surface area contributed by atoms with Gasteiger partial charge in [-0.3, -0.25) is 14.5 Å². The number of nitrogens with zero attached hydrogens (tertiary/aromatic N) is 4. The van der Waals surface area contributed by atoms with Crippen LogP contribution in [-0.4, -0.2) is 60.6 Å². The predicted octanol–water partition coefficient (Wildman–Crippen LogP) is 2.63. The van der Waals surface area contributed by atoms with Crippen LogP contribution in [0.1, 0.15) is 47.8 Å². The molecule has 1 aromatic carbocycles. The van der Waals surface area contributed by atoms with Crippen molar-refractivity contribution in [3.63, 3.8) is 0 Å².